The third-order valence-corrected chi connectivity index (χ3v) is 5.47. The van der Waals surface area contributed by atoms with Gasteiger partial charge in [0.15, 0.2) is 5.82 Å². The molecule has 3 aromatic rings. The lowest BCUT2D eigenvalue weighted by Crippen LogP contribution is -2.53. The fourth-order valence-electron chi connectivity index (χ4n) is 3.41. The van der Waals surface area contributed by atoms with E-state index in [0.29, 0.717) is 24.7 Å². The number of morpholine rings is 1. The highest BCUT2D eigenvalue weighted by molar-refractivity contribution is 7.71. The molecule has 0 saturated carbocycles. The Morgan fingerprint density at radius 1 is 1.11 bits per heavy atom. The van der Waals surface area contributed by atoms with Gasteiger partial charge in [0.25, 0.3) is 0 Å². The van der Waals surface area contributed by atoms with Crippen LogP contribution >= 0.6 is 12.2 Å². The molecule has 0 radical (unpaired) electrons. The number of nitrogens with zero attached hydrogens (tertiary/aromatic N) is 4. The topological polar surface area (TPSA) is 35.2 Å². The second kappa shape index (κ2) is 7.58. The van der Waals surface area contributed by atoms with Crippen LogP contribution in [0.3, 0.4) is 0 Å². The van der Waals surface area contributed by atoms with E-state index in [1.54, 1.807) is 12.1 Å². The Bertz CT molecular complexity index is 1010. The maximum atomic E-state index is 13.5. The van der Waals surface area contributed by atoms with Crippen LogP contribution < -0.4 is 0 Å². The Morgan fingerprint density at radius 3 is 2.50 bits per heavy atom. The summed E-state index contributed by atoms with van der Waals surface area (Å²) in [6.07, 6.45) is 0. The molecule has 0 amide bonds. The van der Waals surface area contributed by atoms with Crippen molar-refractivity contribution in [3.05, 3.63) is 65.2 Å². The second-order valence-electron chi connectivity index (χ2n) is 7.55. The molecule has 4 rings (SSSR count). The molecule has 146 valence electrons. The number of benzene rings is 2. The Balaban J connectivity index is 1.80. The van der Waals surface area contributed by atoms with Crippen molar-refractivity contribution >= 4 is 12.2 Å². The van der Waals surface area contributed by atoms with Gasteiger partial charge in [-0.15, -0.1) is 5.10 Å². The minimum atomic E-state index is -0.279. The third-order valence-electron chi connectivity index (χ3n) is 5.08. The lowest BCUT2D eigenvalue weighted by atomic mass is 10.0. The number of hydrogen-bond donors (Lipinski definition) is 0. The van der Waals surface area contributed by atoms with Crippen LogP contribution in [0.5, 0.6) is 0 Å². The highest BCUT2D eigenvalue weighted by Gasteiger charge is 2.31. The molecule has 1 saturated heterocycles. The van der Waals surface area contributed by atoms with Crippen LogP contribution in [0.25, 0.3) is 17.1 Å². The number of hydrogen-bond acceptors (Lipinski definition) is 4. The fraction of sp³-hybridized carbons (Fsp3) is 0.333. The van der Waals surface area contributed by atoms with E-state index >= 15 is 0 Å². The fourth-order valence-corrected chi connectivity index (χ4v) is 3.70. The minimum Gasteiger partial charge on any atom is -0.378 e. The largest absolute Gasteiger partial charge is 0.378 e. The minimum absolute atomic E-state index is 0.0976. The van der Waals surface area contributed by atoms with Crippen LogP contribution in [-0.2, 0) is 11.4 Å². The molecule has 2 heterocycles. The summed E-state index contributed by atoms with van der Waals surface area (Å²) in [4.78, 5) is 2.32. The van der Waals surface area contributed by atoms with Crippen LogP contribution in [-0.4, -0.2) is 44.5 Å². The molecule has 28 heavy (non-hydrogen) atoms. The molecule has 0 aliphatic carbocycles. The van der Waals surface area contributed by atoms with Crippen molar-refractivity contribution in [2.24, 2.45) is 0 Å². The zero-order valence-electron chi connectivity index (χ0n) is 16.0. The zero-order valence-corrected chi connectivity index (χ0v) is 16.8. The molecule has 0 atom stereocenters. The van der Waals surface area contributed by atoms with Crippen LogP contribution in [0.1, 0.15) is 13.8 Å². The first-order valence-corrected chi connectivity index (χ1v) is 9.70. The van der Waals surface area contributed by atoms with Crippen LogP contribution in [0.2, 0.25) is 0 Å². The monoisotopic (exact) mass is 398 g/mol. The molecule has 0 spiro atoms. The molecule has 2 aromatic carbocycles. The van der Waals surface area contributed by atoms with E-state index in [9.17, 15) is 4.39 Å². The first-order chi connectivity index (χ1) is 13.5. The van der Waals surface area contributed by atoms with Gasteiger partial charge in [0.05, 0.1) is 25.6 Å². The summed E-state index contributed by atoms with van der Waals surface area (Å²) in [5.41, 5.74) is 1.65. The smallest absolute Gasteiger partial charge is 0.204 e. The van der Waals surface area contributed by atoms with Crippen molar-refractivity contribution in [3.8, 4) is 17.1 Å². The van der Waals surface area contributed by atoms with Gasteiger partial charge in [-0.05, 0) is 50.3 Å². The van der Waals surface area contributed by atoms with Gasteiger partial charge in [-0.25, -0.2) is 9.07 Å². The summed E-state index contributed by atoms with van der Waals surface area (Å²) in [5, 5.41) is 4.84. The van der Waals surface area contributed by atoms with Gasteiger partial charge in [0, 0.05) is 17.6 Å². The number of aromatic nitrogens is 3. The lowest BCUT2D eigenvalue weighted by Gasteiger charge is -2.41. The van der Waals surface area contributed by atoms with Gasteiger partial charge < -0.3 is 4.74 Å². The van der Waals surface area contributed by atoms with Gasteiger partial charge in [0.2, 0.25) is 4.77 Å². The maximum absolute atomic E-state index is 13.5. The average molecular weight is 399 g/mol. The van der Waals surface area contributed by atoms with E-state index in [1.165, 1.54) is 12.1 Å². The Kier molecular flexibility index (Phi) is 5.14. The summed E-state index contributed by atoms with van der Waals surface area (Å²) in [6, 6.07) is 16.2. The van der Waals surface area contributed by atoms with E-state index in [2.05, 4.69) is 18.7 Å². The van der Waals surface area contributed by atoms with Crippen molar-refractivity contribution in [2.45, 2.75) is 26.1 Å². The van der Waals surface area contributed by atoms with E-state index < -0.39 is 0 Å². The van der Waals surface area contributed by atoms with Crippen molar-refractivity contribution in [2.75, 3.05) is 19.8 Å². The maximum Gasteiger partial charge on any atom is 0.204 e. The normalized spacial score (nSPS) is 17.0. The van der Waals surface area contributed by atoms with Gasteiger partial charge in [-0.3, -0.25) is 9.47 Å². The molecule has 1 fully saturated rings. The van der Waals surface area contributed by atoms with E-state index in [4.69, 9.17) is 22.1 Å². The first-order valence-electron chi connectivity index (χ1n) is 9.30. The molecule has 7 heteroatoms. The predicted molar refractivity (Wildman–Crippen MR) is 109 cm³/mol. The van der Waals surface area contributed by atoms with Gasteiger partial charge in [-0.2, -0.15) is 0 Å². The third kappa shape index (κ3) is 3.65. The van der Waals surface area contributed by atoms with Gasteiger partial charge >= 0.3 is 0 Å². The molecule has 5 nitrogen and oxygen atoms in total. The summed E-state index contributed by atoms with van der Waals surface area (Å²) in [6.45, 7) is 7.07. The quantitative estimate of drug-likeness (QED) is 0.615. The molecule has 0 N–H and O–H groups in total. The molecule has 0 unspecified atom stereocenters. The molecular weight excluding hydrogens is 375 g/mol. The number of rotatable bonds is 4. The van der Waals surface area contributed by atoms with Crippen LogP contribution in [0, 0.1) is 10.6 Å². The van der Waals surface area contributed by atoms with Gasteiger partial charge in [-0.1, -0.05) is 30.3 Å². The molecule has 1 aliphatic rings. The molecule has 1 aliphatic heterocycles. The highest BCUT2D eigenvalue weighted by atomic mass is 32.1. The Morgan fingerprint density at radius 2 is 1.82 bits per heavy atom. The summed E-state index contributed by atoms with van der Waals surface area (Å²) >= 11 is 5.78. The summed E-state index contributed by atoms with van der Waals surface area (Å²) in [7, 11) is 0. The van der Waals surface area contributed by atoms with E-state index in [0.717, 1.165) is 23.6 Å². The molecular formula is C21H23FN4OS. The molecule has 0 bridgehead atoms. The van der Waals surface area contributed by atoms with Crippen LogP contribution in [0.15, 0.2) is 54.6 Å². The summed E-state index contributed by atoms with van der Waals surface area (Å²) < 4.78 is 23.4. The molecule has 1 aromatic heterocycles. The lowest BCUT2D eigenvalue weighted by molar-refractivity contribution is -0.0676. The SMILES string of the molecule is CC1(C)COCCN1Cn1nc(-c2ccccc2)n(-c2ccc(F)cc2)c1=S. The Labute approximate surface area is 169 Å². The number of halogens is 1. The van der Waals surface area contributed by atoms with Crippen molar-refractivity contribution in [1.29, 1.82) is 0 Å². The zero-order chi connectivity index (χ0) is 19.7. The first kappa shape index (κ1) is 19.0. The summed E-state index contributed by atoms with van der Waals surface area (Å²) in [5.74, 6) is 0.460. The van der Waals surface area contributed by atoms with Crippen molar-refractivity contribution < 1.29 is 9.13 Å². The van der Waals surface area contributed by atoms with Gasteiger partial charge in [0.1, 0.15) is 5.82 Å². The van der Waals surface area contributed by atoms with Crippen molar-refractivity contribution in [1.82, 2.24) is 19.2 Å². The predicted octanol–water partition coefficient (Wildman–Crippen LogP) is 4.28. The Hall–Kier alpha value is -2.35. The highest BCUT2D eigenvalue weighted by Crippen LogP contribution is 2.25. The number of ether oxygens (including phenoxy) is 1. The van der Waals surface area contributed by atoms with Crippen molar-refractivity contribution in [3.63, 3.8) is 0 Å². The van der Waals surface area contributed by atoms with E-state index in [1.807, 2.05) is 39.6 Å². The standard InChI is InChI=1S/C21H23FN4OS/c1-21(2)14-27-13-12-24(21)15-25-20(28)26(18-10-8-17(22)9-11-18)19(23-25)16-6-4-3-5-7-16/h3-11H,12-15H2,1-2H3. The second-order valence-corrected chi connectivity index (χ2v) is 7.92. The van der Waals surface area contributed by atoms with Crippen LogP contribution in [0.4, 0.5) is 4.39 Å². The average Bonchev–Trinajstić information content (AvgIpc) is 3.01. The van der Waals surface area contributed by atoms with E-state index in [-0.39, 0.29) is 11.4 Å².